The molecule has 3 amide bonds. The van der Waals surface area contributed by atoms with Crippen LogP contribution < -0.4 is 16.6 Å². The number of hydrogen-bond donors (Lipinski definition) is 3. The van der Waals surface area contributed by atoms with Gasteiger partial charge in [-0.05, 0) is 19.9 Å². The van der Waals surface area contributed by atoms with Crippen molar-refractivity contribution in [2.24, 2.45) is 5.84 Å². The third-order valence-corrected chi connectivity index (χ3v) is 3.20. The van der Waals surface area contributed by atoms with E-state index < -0.39 is 11.9 Å². The van der Waals surface area contributed by atoms with Crippen molar-refractivity contribution in [1.82, 2.24) is 15.6 Å². The minimum atomic E-state index is -0.519. The summed E-state index contributed by atoms with van der Waals surface area (Å²) in [5.74, 6) is 4.47. The summed E-state index contributed by atoms with van der Waals surface area (Å²) in [5, 5.41) is 2.26. The lowest BCUT2D eigenvalue weighted by molar-refractivity contribution is -0.139. The van der Waals surface area contributed by atoms with Crippen molar-refractivity contribution in [3.05, 3.63) is 23.2 Å². The summed E-state index contributed by atoms with van der Waals surface area (Å²) in [6.07, 6.45) is 0. The van der Waals surface area contributed by atoms with E-state index in [1.807, 2.05) is 5.43 Å². The molecule has 8 nitrogen and oxygen atoms in total. The maximum Gasteiger partial charge on any atom is 0.301 e. The normalized spacial score (nSPS) is 19.9. The van der Waals surface area contributed by atoms with Crippen molar-refractivity contribution in [2.45, 2.75) is 26.4 Å². The number of amides is 3. The van der Waals surface area contributed by atoms with Gasteiger partial charge in [-0.3, -0.25) is 30.0 Å². The number of nitrogens with one attached hydrogen (secondary N) is 2. The van der Waals surface area contributed by atoms with Gasteiger partial charge in [-0.15, -0.1) is 0 Å². The van der Waals surface area contributed by atoms with Crippen LogP contribution in [0.15, 0.2) is 10.5 Å². The van der Waals surface area contributed by atoms with E-state index in [-0.39, 0.29) is 30.7 Å². The zero-order valence-electron chi connectivity index (χ0n) is 11.2. The monoisotopic (exact) mass is 280 g/mol. The van der Waals surface area contributed by atoms with E-state index in [2.05, 4.69) is 5.32 Å². The number of aryl methyl sites for hydroxylation is 1. The Morgan fingerprint density at radius 2 is 2.30 bits per heavy atom. The Labute approximate surface area is 115 Å². The summed E-state index contributed by atoms with van der Waals surface area (Å²) in [7, 11) is 0. The van der Waals surface area contributed by atoms with Gasteiger partial charge in [0, 0.05) is 5.56 Å². The van der Waals surface area contributed by atoms with Crippen molar-refractivity contribution < 1.29 is 18.8 Å². The molecule has 108 valence electrons. The van der Waals surface area contributed by atoms with Crippen LogP contribution in [0, 0.1) is 6.92 Å². The zero-order chi connectivity index (χ0) is 14.9. The predicted molar refractivity (Wildman–Crippen MR) is 68.1 cm³/mol. The van der Waals surface area contributed by atoms with Gasteiger partial charge in [0.05, 0.1) is 19.1 Å². The van der Waals surface area contributed by atoms with Gasteiger partial charge in [0.25, 0.3) is 0 Å². The zero-order valence-corrected chi connectivity index (χ0v) is 11.2. The van der Waals surface area contributed by atoms with Crippen molar-refractivity contribution in [2.75, 3.05) is 6.54 Å². The first-order valence-corrected chi connectivity index (χ1v) is 6.10. The van der Waals surface area contributed by atoms with Crippen molar-refractivity contribution in [3.63, 3.8) is 0 Å². The van der Waals surface area contributed by atoms with Gasteiger partial charge in [-0.1, -0.05) is 0 Å². The summed E-state index contributed by atoms with van der Waals surface area (Å²) in [6, 6.07) is 1.25. The number of imide groups is 1. The Hall–Kier alpha value is -2.19. The van der Waals surface area contributed by atoms with Crippen LogP contribution in [0.2, 0.25) is 0 Å². The summed E-state index contributed by atoms with van der Waals surface area (Å²) < 4.78 is 5.41. The molecular formula is C12H16N4O4. The largest absolute Gasteiger partial charge is 0.454 e. The predicted octanol–water partition coefficient (Wildman–Crippen LogP) is -0.962. The summed E-state index contributed by atoms with van der Waals surface area (Å²) in [6.45, 7) is 3.78. The number of hydrogen-bond acceptors (Lipinski definition) is 6. The number of hydrazine groups is 1. The highest BCUT2D eigenvalue weighted by Gasteiger charge is 2.31. The van der Waals surface area contributed by atoms with Crippen molar-refractivity contribution in [3.8, 4) is 0 Å². The maximum absolute atomic E-state index is 11.5. The molecule has 0 spiro atoms. The molecule has 0 aromatic carbocycles. The molecule has 1 unspecified atom stereocenters. The second-order valence-electron chi connectivity index (χ2n) is 4.69. The van der Waals surface area contributed by atoms with Gasteiger partial charge >= 0.3 is 5.91 Å². The standard InChI is InChI=1S/C12H16N4O4/c1-6-3-8(20-10(6)12(19)15-13)4-16-5-9(17)14-11(18)7(16)2/h3,7H,4-5,13H2,1-2H3,(H,15,19)(H,14,17,18). The van der Waals surface area contributed by atoms with E-state index in [9.17, 15) is 14.4 Å². The number of furan rings is 1. The molecule has 20 heavy (non-hydrogen) atoms. The fourth-order valence-corrected chi connectivity index (χ4v) is 2.08. The van der Waals surface area contributed by atoms with E-state index in [0.717, 1.165) is 0 Å². The first kappa shape index (κ1) is 14.2. The van der Waals surface area contributed by atoms with Crippen LogP contribution in [0.3, 0.4) is 0 Å². The first-order chi connectivity index (χ1) is 9.42. The number of nitrogens with two attached hydrogens (primary N) is 1. The molecule has 1 atom stereocenters. The number of nitrogen functional groups attached to an aromatic ring is 1. The third-order valence-electron chi connectivity index (χ3n) is 3.20. The Balaban J connectivity index is 2.15. The summed E-state index contributed by atoms with van der Waals surface area (Å²) in [4.78, 5) is 36.0. The molecule has 1 aromatic heterocycles. The Morgan fingerprint density at radius 1 is 1.60 bits per heavy atom. The smallest absolute Gasteiger partial charge is 0.301 e. The number of carbonyl (C=O) groups excluding carboxylic acids is 3. The van der Waals surface area contributed by atoms with E-state index in [4.69, 9.17) is 10.3 Å². The van der Waals surface area contributed by atoms with Crippen LogP contribution in [-0.4, -0.2) is 35.2 Å². The van der Waals surface area contributed by atoms with E-state index in [0.29, 0.717) is 11.3 Å². The molecule has 0 bridgehead atoms. The van der Waals surface area contributed by atoms with Crippen LogP contribution in [0.1, 0.15) is 28.8 Å². The van der Waals surface area contributed by atoms with Gasteiger partial charge in [-0.25, -0.2) is 5.84 Å². The molecule has 1 aromatic rings. The molecule has 1 fully saturated rings. The number of carbonyl (C=O) groups is 3. The summed E-state index contributed by atoms with van der Waals surface area (Å²) >= 11 is 0. The Morgan fingerprint density at radius 3 is 2.95 bits per heavy atom. The lowest BCUT2D eigenvalue weighted by Crippen LogP contribution is -2.56. The molecule has 4 N–H and O–H groups in total. The second-order valence-corrected chi connectivity index (χ2v) is 4.69. The molecule has 8 heteroatoms. The maximum atomic E-state index is 11.5. The average Bonchev–Trinajstić information content (AvgIpc) is 2.75. The van der Waals surface area contributed by atoms with Gasteiger partial charge < -0.3 is 4.42 Å². The van der Waals surface area contributed by atoms with Gasteiger partial charge in [0.15, 0.2) is 5.76 Å². The first-order valence-electron chi connectivity index (χ1n) is 6.10. The number of nitrogens with zero attached hydrogens (tertiary/aromatic N) is 1. The van der Waals surface area contributed by atoms with Gasteiger partial charge in [0.1, 0.15) is 5.76 Å². The molecule has 1 aliphatic rings. The minimum Gasteiger partial charge on any atom is -0.454 e. The van der Waals surface area contributed by atoms with Crippen molar-refractivity contribution in [1.29, 1.82) is 0 Å². The van der Waals surface area contributed by atoms with Crippen LogP contribution >= 0.6 is 0 Å². The highest BCUT2D eigenvalue weighted by molar-refractivity contribution is 6.00. The molecule has 0 saturated carbocycles. The average molecular weight is 280 g/mol. The fourth-order valence-electron chi connectivity index (χ4n) is 2.08. The lowest BCUT2D eigenvalue weighted by atomic mass is 10.2. The van der Waals surface area contributed by atoms with Crippen LogP contribution in [0.25, 0.3) is 0 Å². The quantitative estimate of drug-likeness (QED) is 0.284. The van der Waals surface area contributed by atoms with E-state index in [1.54, 1.807) is 24.8 Å². The molecule has 1 aliphatic heterocycles. The highest BCUT2D eigenvalue weighted by Crippen LogP contribution is 2.18. The van der Waals surface area contributed by atoms with Crippen LogP contribution in [-0.2, 0) is 16.1 Å². The molecule has 0 aliphatic carbocycles. The highest BCUT2D eigenvalue weighted by atomic mass is 16.4. The minimum absolute atomic E-state index is 0.102. The topological polar surface area (TPSA) is 118 Å². The van der Waals surface area contributed by atoms with Gasteiger partial charge in [-0.2, -0.15) is 0 Å². The van der Waals surface area contributed by atoms with Crippen LogP contribution in [0.4, 0.5) is 0 Å². The molecule has 1 saturated heterocycles. The van der Waals surface area contributed by atoms with E-state index >= 15 is 0 Å². The molecular weight excluding hydrogens is 264 g/mol. The Bertz CT molecular complexity index is 566. The number of piperazine rings is 1. The Kier molecular flexibility index (Phi) is 3.86. The molecule has 2 rings (SSSR count). The second kappa shape index (κ2) is 5.43. The fraction of sp³-hybridized carbons (Fsp3) is 0.417. The van der Waals surface area contributed by atoms with Crippen LogP contribution in [0.5, 0.6) is 0 Å². The summed E-state index contributed by atoms with van der Waals surface area (Å²) in [5.41, 5.74) is 2.64. The van der Waals surface area contributed by atoms with Crippen molar-refractivity contribution >= 4 is 17.7 Å². The van der Waals surface area contributed by atoms with E-state index in [1.165, 1.54) is 0 Å². The SMILES string of the molecule is Cc1cc(CN2CC(=O)NC(=O)C2C)oc1C(=O)NN. The lowest BCUT2D eigenvalue weighted by Gasteiger charge is -2.30. The molecule has 2 heterocycles. The molecule has 0 radical (unpaired) electrons. The number of rotatable bonds is 3. The van der Waals surface area contributed by atoms with Gasteiger partial charge in [0.2, 0.25) is 11.8 Å². The third kappa shape index (κ3) is 2.70.